The van der Waals surface area contributed by atoms with E-state index >= 15 is 0 Å². The highest BCUT2D eigenvalue weighted by Gasteiger charge is 2.27. The molecule has 1 unspecified atom stereocenters. The number of anilines is 1. The normalized spacial score (nSPS) is 20.4. The zero-order chi connectivity index (χ0) is 14.8. The maximum atomic E-state index is 12.3. The van der Waals surface area contributed by atoms with Gasteiger partial charge in [-0.25, -0.2) is 0 Å². The molecule has 0 aromatic heterocycles. The van der Waals surface area contributed by atoms with Crippen LogP contribution < -0.4 is 4.72 Å². The number of piperidine rings is 1. The molecule has 1 aromatic rings. The minimum Gasteiger partial charge on any atom is -0.270 e. The number of halogens is 1. The molecule has 1 heterocycles. The van der Waals surface area contributed by atoms with Crippen LogP contribution in [0.2, 0.25) is 0 Å². The lowest BCUT2D eigenvalue weighted by Gasteiger charge is -2.30. The third-order valence-corrected chi connectivity index (χ3v) is 5.44. The van der Waals surface area contributed by atoms with Crippen molar-refractivity contribution in [2.75, 3.05) is 17.8 Å². The van der Waals surface area contributed by atoms with Gasteiger partial charge in [-0.2, -0.15) is 18.0 Å². The lowest BCUT2D eigenvalue weighted by Crippen LogP contribution is -2.42. The van der Waals surface area contributed by atoms with Gasteiger partial charge in [-0.1, -0.05) is 6.92 Å². The molecule has 1 aromatic carbocycles. The molecular formula is C13H16BrN3O2S. The second-order valence-corrected chi connectivity index (χ2v) is 7.54. The highest BCUT2D eigenvalue weighted by molar-refractivity contribution is 9.10. The third kappa shape index (κ3) is 3.51. The second kappa shape index (κ2) is 6.12. The van der Waals surface area contributed by atoms with Gasteiger partial charge < -0.3 is 0 Å². The number of nitrogens with one attached hydrogen (secondary N) is 1. The molecule has 1 saturated heterocycles. The molecule has 1 N–H and O–H groups in total. The lowest BCUT2D eigenvalue weighted by atomic mass is 10.0. The summed E-state index contributed by atoms with van der Waals surface area (Å²) in [4.78, 5) is 0. The van der Waals surface area contributed by atoms with Crippen molar-refractivity contribution in [3.05, 3.63) is 28.2 Å². The third-order valence-electron chi connectivity index (χ3n) is 3.30. The summed E-state index contributed by atoms with van der Waals surface area (Å²) in [6, 6.07) is 6.78. The summed E-state index contributed by atoms with van der Waals surface area (Å²) in [5.41, 5.74) is 0.925. The minimum atomic E-state index is -3.54. The van der Waals surface area contributed by atoms with Gasteiger partial charge in [0.2, 0.25) is 0 Å². The van der Waals surface area contributed by atoms with Gasteiger partial charge in [-0.3, -0.25) is 4.72 Å². The molecule has 7 heteroatoms. The number of nitriles is 1. The number of rotatable bonds is 3. The second-order valence-electron chi connectivity index (χ2n) is 5.02. The molecule has 1 aliphatic rings. The molecule has 0 radical (unpaired) electrons. The van der Waals surface area contributed by atoms with Crippen LogP contribution in [0.3, 0.4) is 0 Å². The van der Waals surface area contributed by atoms with Crippen LogP contribution in [-0.4, -0.2) is 25.8 Å². The van der Waals surface area contributed by atoms with Crippen molar-refractivity contribution < 1.29 is 8.42 Å². The van der Waals surface area contributed by atoms with E-state index in [4.69, 9.17) is 5.26 Å². The number of hydrogen-bond donors (Lipinski definition) is 1. The Morgan fingerprint density at radius 3 is 2.85 bits per heavy atom. The topological polar surface area (TPSA) is 73.2 Å². The maximum Gasteiger partial charge on any atom is 0.301 e. The first-order chi connectivity index (χ1) is 9.42. The highest BCUT2D eigenvalue weighted by atomic mass is 79.9. The molecule has 0 bridgehead atoms. The Hall–Kier alpha value is -1.10. The van der Waals surface area contributed by atoms with Crippen LogP contribution >= 0.6 is 15.9 Å². The van der Waals surface area contributed by atoms with E-state index in [2.05, 4.69) is 27.6 Å². The number of nitrogens with zero attached hydrogens (tertiary/aromatic N) is 2. The van der Waals surface area contributed by atoms with E-state index in [1.54, 1.807) is 18.2 Å². The molecule has 0 spiro atoms. The van der Waals surface area contributed by atoms with Gasteiger partial charge in [0, 0.05) is 17.6 Å². The van der Waals surface area contributed by atoms with Crippen molar-refractivity contribution in [2.24, 2.45) is 5.92 Å². The Bertz CT molecular complexity index is 640. The van der Waals surface area contributed by atoms with Gasteiger partial charge in [0.05, 0.1) is 17.3 Å². The average Bonchev–Trinajstić information content (AvgIpc) is 2.41. The van der Waals surface area contributed by atoms with Crippen molar-refractivity contribution in [1.29, 1.82) is 5.26 Å². The van der Waals surface area contributed by atoms with E-state index in [1.807, 2.05) is 6.07 Å². The van der Waals surface area contributed by atoms with Crippen LogP contribution in [0.1, 0.15) is 25.3 Å². The summed E-state index contributed by atoms with van der Waals surface area (Å²) in [6.45, 7) is 3.15. The van der Waals surface area contributed by atoms with Crippen molar-refractivity contribution in [3.63, 3.8) is 0 Å². The summed E-state index contributed by atoms with van der Waals surface area (Å²) in [5, 5.41) is 8.80. The van der Waals surface area contributed by atoms with E-state index in [9.17, 15) is 8.42 Å². The van der Waals surface area contributed by atoms with Crippen molar-refractivity contribution in [1.82, 2.24) is 4.31 Å². The standard InChI is InChI=1S/C13H16BrN3O2S/c1-10-3-2-6-17(9-10)20(18,19)16-13-5-4-11(8-15)7-12(13)14/h4-5,7,10,16H,2-3,6,9H2,1H3. The zero-order valence-electron chi connectivity index (χ0n) is 11.1. The lowest BCUT2D eigenvalue weighted by molar-refractivity contribution is 0.282. The molecule has 1 fully saturated rings. The predicted octanol–water partition coefficient (Wildman–Crippen LogP) is 2.71. The summed E-state index contributed by atoms with van der Waals surface area (Å²) in [5.74, 6) is 0.379. The van der Waals surface area contributed by atoms with E-state index in [0.717, 1.165) is 12.8 Å². The van der Waals surface area contributed by atoms with E-state index in [1.165, 1.54) is 4.31 Å². The van der Waals surface area contributed by atoms with Crippen molar-refractivity contribution >= 4 is 31.8 Å². The fourth-order valence-electron chi connectivity index (χ4n) is 2.24. The Balaban J connectivity index is 2.18. The molecule has 0 amide bonds. The summed E-state index contributed by atoms with van der Waals surface area (Å²) in [6.07, 6.45) is 1.95. The summed E-state index contributed by atoms with van der Waals surface area (Å²) < 4.78 is 29.3. The number of benzene rings is 1. The Kier molecular flexibility index (Phi) is 4.68. The van der Waals surface area contributed by atoms with E-state index < -0.39 is 10.2 Å². The van der Waals surface area contributed by atoms with Crippen LogP contribution in [0.5, 0.6) is 0 Å². The van der Waals surface area contributed by atoms with Gasteiger partial charge in [-0.05, 0) is 52.9 Å². The van der Waals surface area contributed by atoms with Crippen LogP contribution in [0.4, 0.5) is 5.69 Å². The molecule has 2 rings (SSSR count). The average molecular weight is 358 g/mol. The first-order valence-corrected chi connectivity index (χ1v) is 8.63. The Morgan fingerprint density at radius 1 is 1.50 bits per heavy atom. The van der Waals surface area contributed by atoms with Crippen LogP contribution in [0.25, 0.3) is 0 Å². The summed E-state index contributed by atoms with van der Waals surface area (Å²) in [7, 11) is -3.54. The molecule has 108 valence electrons. The fraction of sp³-hybridized carbons (Fsp3) is 0.462. The van der Waals surface area contributed by atoms with Gasteiger partial charge >= 0.3 is 10.2 Å². The quantitative estimate of drug-likeness (QED) is 0.903. The fourth-order valence-corrected chi connectivity index (χ4v) is 4.25. The smallest absolute Gasteiger partial charge is 0.270 e. The monoisotopic (exact) mass is 357 g/mol. The predicted molar refractivity (Wildman–Crippen MR) is 81.4 cm³/mol. The molecule has 1 aliphatic heterocycles. The van der Waals surface area contributed by atoms with Gasteiger partial charge in [-0.15, -0.1) is 0 Å². The highest BCUT2D eigenvalue weighted by Crippen LogP contribution is 2.26. The maximum absolute atomic E-state index is 12.3. The first kappa shape index (κ1) is 15.3. The zero-order valence-corrected chi connectivity index (χ0v) is 13.5. The van der Waals surface area contributed by atoms with Gasteiger partial charge in [0.1, 0.15) is 0 Å². The van der Waals surface area contributed by atoms with Gasteiger partial charge in [0.15, 0.2) is 0 Å². The van der Waals surface area contributed by atoms with Gasteiger partial charge in [0.25, 0.3) is 0 Å². The largest absolute Gasteiger partial charge is 0.301 e. The van der Waals surface area contributed by atoms with Crippen LogP contribution in [-0.2, 0) is 10.2 Å². The van der Waals surface area contributed by atoms with Crippen LogP contribution in [0, 0.1) is 17.2 Å². The summed E-state index contributed by atoms with van der Waals surface area (Å²) >= 11 is 3.28. The molecule has 20 heavy (non-hydrogen) atoms. The van der Waals surface area contributed by atoms with Crippen molar-refractivity contribution in [2.45, 2.75) is 19.8 Å². The van der Waals surface area contributed by atoms with Crippen molar-refractivity contribution in [3.8, 4) is 6.07 Å². The van der Waals surface area contributed by atoms with Crippen LogP contribution in [0.15, 0.2) is 22.7 Å². The Labute approximate surface area is 127 Å². The SMILES string of the molecule is CC1CCCN(S(=O)(=O)Nc2ccc(C#N)cc2Br)C1. The van der Waals surface area contributed by atoms with E-state index in [-0.39, 0.29) is 0 Å². The first-order valence-electron chi connectivity index (χ1n) is 6.40. The minimum absolute atomic E-state index is 0.379. The van der Waals surface area contributed by atoms with E-state index in [0.29, 0.717) is 34.7 Å². The molecular weight excluding hydrogens is 342 g/mol. The molecule has 5 nitrogen and oxygen atoms in total. The molecule has 0 saturated carbocycles. The molecule has 0 aliphatic carbocycles. The number of hydrogen-bond acceptors (Lipinski definition) is 3. The Morgan fingerprint density at radius 2 is 2.25 bits per heavy atom. The molecule has 1 atom stereocenters.